The lowest BCUT2D eigenvalue weighted by molar-refractivity contribution is 0.171. The zero-order chi connectivity index (χ0) is 27.9. The van der Waals surface area contributed by atoms with E-state index in [-0.39, 0.29) is 18.8 Å². The number of fused-ring (bicyclic) bond motifs is 1. The highest BCUT2D eigenvalue weighted by Gasteiger charge is 2.15. The fourth-order valence-corrected chi connectivity index (χ4v) is 4.61. The van der Waals surface area contributed by atoms with E-state index < -0.39 is 0 Å². The van der Waals surface area contributed by atoms with Crippen LogP contribution in [0.25, 0.3) is 5.69 Å². The summed E-state index contributed by atoms with van der Waals surface area (Å²) in [7, 11) is 0. The summed E-state index contributed by atoms with van der Waals surface area (Å²) >= 11 is 0. The lowest BCUT2D eigenvalue weighted by Gasteiger charge is -2.19. The monoisotopic (exact) mass is 542 g/mol. The number of aryl methyl sites for hydroxylation is 2. The number of rotatable bonds is 11. The zero-order valence-electron chi connectivity index (χ0n) is 22.8. The molecule has 2 N–H and O–H groups in total. The number of pyridine rings is 1. The van der Waals surface area contributed by atoms with Gasteiger partial charge in [0.1, 0.15) is 37.9 Å². The van der Waals surface area contributed by atoms with Gasteiger partial charge in [-0.05, 0) is 55.3 Å². The minimum atomic E-state index is -0.169. The minimum Gasteiger partial charge on any atom is -0.488 e. The van der Waals surface area contributed by atoms with E-state index in [0.29, 0.717) is 67.2 Å². The largest absolute Gasteiger partial charge is 0.488 e. The van der Waals surface area contributed by atoms with Crippen molar-refractivity contribution in [2.24, 2.45) is 0 Å². The molecule has 0 radical (unpaired) electrons. The lowest BCUT2D eigenvalue weighted by Crippen LogP contribution is -2.23. The molecule has 2 heterocycles. The molecular weight excluding hydrogens is 508 g/mol. The highest BCUT2D eigenvalue weighted by atomic mass is 16.6. The topological polar surface area (TPSA) is 91.2 Å². The number of ether oxygens (including phenoxy) is 4. The van der Waals surface area contributed by atoms with Crippen molar-refractivity contribution < 1.29 is 24.1 Å². The maximum atomic E-state index is 13.4. The van der Waals surface area contributed by atoms with Crippen LogP contribution in [0.5, 0.6) is 23.0 Å². The molecule has 0 unspecified atom stereocenters. The smallest absolute Gasteiger partial charge is 0.261 e. The maximum absolute atomic E-state index is 13.4. The van der Waals surface area contributed by atoms with Crippen LogP contribution < -0.4 is 29.8 Å². The van der Waals surface area contributed by atoms with Crippen molar-refractivity contribution in [3.05, 3.63) is 111 Å². The van der Waals surface area contributed by atoms with Crippen LogP contribution in [0.4, 0.5) is 0 Å². The Hall–Kier alpha value is -4.27. The van der Waals surface area contributed by atoms with Crippen LogP contribution in [-0.2, 0) is 19.8 Å². The molecule has 0 spiro atoms. The van der Waals surface area contributed by atoms with Crippen molar-refractivity contribution in [1.29, 1.82) is 0 Å². The summed E-state index contributed by atoms with van der Waals surface area (Å²) in [6.07, 6.45) is 1.73. The molecule has 1 aliphatic rings. The first-order valence-corrected chi connectivity index (χ1v) is 13.4. The van der Waals surface area contributed by atoms with Gasteiger partial charge in [-0.15, -0.1) is 0 Å². The SMILES string of the molecule is Cc1cccc(COc2cc(OCc3cccn(-c4ccc5c(c4)OCCO5)c3=O)c(C)cc2CNCCO)c1. The van der Waals surface area contributed by atoms with Gasteiger partial charge in [-0.1, -0.05) is 29.8 Å². The zero-order valence-corrected chi connectivity index (χ0v) is 22.8. The number of aromatic nitrogens is 1. The van der Waals surface area contributed by atoms with Crippen molar-refractivity contribution >= 4 is 0 Å². The summed E-state index contributed by atoms with van der Waals surface area (Å²) in [6.45, 7) is 6.61. The van der Waals surface area contributed by atoms with Crippen LogP contribution >= 0.6 is 0 Å². The van der Waals surface area contributed by atoms with Crippen molar-refractivity contribution in [1.82, 2.24) is 9.88 Å². The van der Waals surface area contributed by atoms with Gasteiger partial charge in [0.15, 0.2) is 11.5 Å². The van der Waals surface area contributed by atoms with Gasteiger partial charge in [0.05, 0.1) is 17.9 Å². The van der Waals surface area contributed by atoms with Crippen LogP contribution in [0.15, 0.2) is 77.7 Å². The molecule has 40 heavy (non-hydrogen) atoms. The number of aliphatic hydroxyl groups is 1. The Morgan fingerprint density at radius 2 is 1.70 bits per heavy atom. The van der Waals surface area contributed by atoms with Gasteiger partial charge in [0.25, 0.3) is 5.56 Å². The van der Waals surface area contributed by atoms with Gasteiger partial charge in [-0.3, -0.25) is 9.36 Å². The van der Waals surface area contributed by atoms with Crippen molar-refractivity contribution in [3.63, 3.8) is 0 Å². The summed E-state index contributed by atoms with van der Waals surface area (Å²) < 4.78 is 25.3. The van der Waals surface area contributed by atoms with Crippen LogP contribution in [-0.4, -0.2) is 36.0 Å². The Morgan fingerprint density at radius 1 is 0.875 bits per heavy atom. The first-order valence-electron chi connectivity index (χ1n) is 13.4. The number of hydrogen-bond donors (Lipinski definition) is 2. The molecule has 1 aromatic heterocycles. The Bertz CT molecular complexity index is 1530. The number of nitrogens with one attached hydrogen (secondary N) is 1. The van der Waals surface area contributed by atoms with Crippen LogP contribution in [0.1, 0.15) is 27.8 Å². The second-order valence-corrected chi connectivity index (χ2v) is 9.73. The fourth-order valence-electron chi connectivity index (χ4n) is 4.61. The van der Waals surface area contributed by atoms with Crippen LogP contribution in [0.3, 0.4) is 0 Å². The Kier molecular flexibility index (Phi) is 8.68. The maximum Gasteiger partial charge on any atom is 0.261 e. The Morgan fingerprint density at radius 3 is 2.52 bits per heavy atom. The Balaban J connectivity index is 1.36. The second kappa shape index (κ2) is 12.7. The van der Waals surface area contributed by atoms with E-state index in [1.807, 2.05) is 55.5 Å². The van der Waals surface area contributed by atoms with E-state index in [9.17, 15) is 9.90 Å². The first kappa shape index (κ1) is 27.3. The summed E-state index contributed by atoms with van der Waals surface area (Å²) in [5, 5.41) is 12.4. The summed E-state index contributed by atoms with van der Waals surface area (Å²) in [5.41, 5.74) is 5.17. The van der Waals surface area contributed by atoms with E-state index in [2.05, 4.69) is 24.4 Å². The standard InChI is InChI=1S/C32H34N2O6/c1-22-5-3-6-24(15-22)20-39-30-18-29(23(2)16-26(30)19-33-10-12-35)40-21-25-7-4-11-34(32(25)36)27-8-9-28-31(17-27)38-14-13-37-28/h3-9,11,15-18,33,35H,10,12-14,19-21H2,1-2H3. The van der Waals surface area contributed by atoms with Gasteiger partial charge in [-0.2, -0.15) is 0 Å². The molecule has 4 aromatic rings. The lowest BCUT2D eigenvalue weighted by atomic mass is 10.1. The second-order valence-electron chi connectivity index (χ2n) is 9.73. The third-order valence-corrected chi connectivity index (χ3v) is 6.65. The van der Waals surface area contributed by atoms with E-state index in [4.69, 9.17) is 18.9 Å². The summed E-state index contributed by atoms with van der Waals surface area (Å²) in [4.78, 5) is 13.4. The van der Waals surface area contributed by atoms with Crippen molar-refractivity contribution in [3.8, 4) is 28.7 Å². The molecule has 0 atom stereocenters. The van der Waals surface area contributed by atoms with Crippen LogP contribution in [0, 0.1) is 13.8 Å². The van der Waals surface area contributed by atoms with E-state index in [1.54, 1.807) is 16.8 Å². The molecule has 0 bridgehead atoms. The quantitative estimate of drug-likeness (QED) is 0.270. The van der Waals surface area contributed by atoms with Gasteiger partial charge in [-0.25, -0.2) is 0 Å². The van der Waals surface area contributed by atoms with Crippen molar-refractivity contribution in [2.75, 3.05) is 26.4 Å². The molecule has 0 fully saturated rings. The molecule has 8 nitrogen and oxygen atoms in total. The number of benzene rings is 3. The molecule has 0 saturated carbocycles. The molecule has 5 rings (SSSR count). The molecule has 3 aromatic carbocycles. The minimum absolute atomic E-state index is 0.0561. The fraction of sp³-hybridized carbons (Fsp3) is 0.281. The highest BCUT2D eigenvalue weighted by Crippen LogP contribution is 2.32. The summed E-state index contributed by atoms with van der Waals surface area (Å²) in [6, 6.07) is 21.2. The number of aliphatic hydroxyl groups excluding tert-OH is 1. The van der Waals surface area contributed by atoms with E-state index in [1.165, 1.54) is 5.56 Å². The molecule has 1 aliphatic heterocycles. The van der Waals surface area contributed by atoms with Gasteiger partial charge < -0.3 is 29.4 Å². The average molecular weight is 543 g/mol. The van der Waals surface area contributed by atoms with Gasteiger partial charge >= 0.3 is 0 Å². The highest BCUT2D eigenvalue weighted by molar-refractivity contribution is 5.50. The molecular formula is C32H34N2O6. The third kappa shape index (κ3) is 6.47. The number of nitrogens with zero attached hydrogens (tertiary/aromatic N) is 1. The molecule has 8 heteroatoms. The summed E-state index contributed by atoms with van der Waals surface area (Å²) in [5.74, 6) is 2.63. The first-order chi connectivity index (χ1) is 19.5. The molecule has 0 saturated heterocycles. The van der Waals surface area contributed by atoms with Gasteiger partial charge in [0, 0.05) is 37.0 Å². The third-order valence-electron chi connectivity index (χ3n) is 6.65. The number of hydrogen-bond acceptors (Lipinski definition) is 7. The van der Waals surface area contributed by atoms with E-state index in [0.717, 1.165) is 16.7 Å². The molecule has 0 aliphatic carbocycles. The predicted octanol–water partition coefficient (Wildman–Crippen LogP) is 4.47. The Labute approximate surface area is 233 Å². The molecule has 208 valence electrons. The molecule has 0 amide bonds. The van der Waals surface area contributed by atoms with E-state index >= 15 is 0 Å². The normalized spacial score (nSPS) is 12.3. The average Bonchev–Trinajstić information content (AvgIpc) is 2.96. The van der Waals surface area contributed by atoms with Gasteiger partial charge in [0.2, 0.25) is 0 Å². The predicted molar refractivity (Wildman–Crippen MR) is 153 cm³/mol. The van der Waals surface area contributed by atoms with Crippen LogP contribution in [0.2, 0.25) is 0 Å². The van der Waals surface area contributed by atoms with Crippen molar-refractivity contribution in [2.45, 2.75) is 33.6 Å².